The molecule has 15 heavy (non-hydrogen) atoms. The van der Waals surface area contributed by atoms with Gasteiger partial charge < -0.3 is 5.11 Å². The molecule has 1 aromatic rings. The Balaban J connectivity index is 3.27. The van der Waals surface area contributed by atoms with Crippen LogP contribution in [-0.2, 0) is 12.0 Å². The Hall–Kier alpha value is -0.670. The van der Waals surface area contributed by atoms with Crippen LogP contribution in [0.2, 0.25) is 0 Å². The van der Waals surface area contributed by atoms with E-state index in [1.165, 1.54) is 6.07 Å². The molecule has 1 aromatic carbocycles. The van der Waals surface area contributed by atoms with Gasteiger partial charge >= 0.3 is 0 Å². The Morgan fingerprint density at radius 2 is 2.13 bits per heavy atom. The molecule has 0 aliphatic rings. The third-order valence-electron chi connectivity index (χ3n) is 2.09. The van der Waals surface area contributed by atoms with Crippen molar-refractivity contribution in [1.29, 1.82) is 0 Å². The minimum atomic E-state index is -1.18. The molecule has 0 aliphatic heterocycles. The van der Waals surface area contributed by atoms with Crippen LogP contribution in [0.15, 0.2) is 29.3 Å². The Morgan fingerprint density at radius 1 is 1.53 bits per heavy atom. The average molecular weight is 273 g/mol. The van der Waals surface area contributed by atoms with Crippen LogP contribution in [0, 0.1) is 5.82 Å². The van der Waals surface area contributed by atoms with E-state index in [9.17, 15) is 9.50 Å². The first kappa shape index (κ1) is 12.4. The SMILES string of the molecule is C=CCc1cc(F)c(C(C)(C)O)c(Br)c1. The Morgan fingerprint density at radius 3 is 2.53 bits per heavy atom. The molecule has 0 radical (unpaired) electrons. The van der Waals surface area contributed by atoms with Crippen molar-refractivity contribution >= 4 is 15.9 Å². The van der Waals surface area contributed by atoms with Crippen molar-refractivity contribution in [2.75, 3.05) is 0 Å². The summed E-state index contributed by atoms with van der Waals surface area (Å²) in [6.45, 7) is 6.72. The van der Waals surface area contributed by atoms with Crippen molar-refractivity contribution in [2.45, 2.75) is 25.9 Å². The summed E-state index contributed by atoms with van der Waals surface area (Å²) in [7, 11) is 0. The maximum Gasteiger partial charge on any atom is 0.130 e. The summed E-state index contributed by atoms with van der Waals surface area (Å²) in [5.74, 6) is -0.395. The summed E-state index contributed by atoms with van der Waals surface area (Å²) in [4.78, 5) is 0. The van der Waals surface area contributed by atoms with E-state index >= 15 is 0 Å². The number of halogens is 2. The third-order valence-corrected chi connectivity index (χ3v) is 2.72. The monoisotopic (exact) mass is 272 g/mol. The second-order valence-electron chi connectivity index (χ2n) is 3.99. The zero-order valence-corrected chi connectivity index (χ0v) is 10.4. The summed E-state index contributed by atoms with van der Waals surface area (Å²) in [6.07, 6.45) is 2.33. The van der Waals surface area contributed by atoms with Crippen LogP contribution < -0.4 is 0 Å². The first-order valence-electron chi connectivity index (χ1n) is 4.68. The maximum absolute atomic E-state index is 13.7. The van der Waals surface area contributed by atoms with Gasteiger partial charge in [0.25, 0.3) is 0 Å². The normalized spacial score (nSPS) is 11.5. The first-order chi connectivity index (χ1) is 6.86. The standard InChI is InChI=1S/C12H14BrFO/c1-4-5-8-6-9(13)11(10(14)7-8)12(2,3)15/h4,6-7,15H,1,5H2,2-3H3. The number of allylic oxidation sites excluding steroid dienone is 1. The number of aliphatic hydroxyl groups is 1. The topological polar surface area (TPSA) is 20.2 Å². The molecule has 0 fully saturated rings. The van der Waals surface area contributed by atoms with Crippen molar-refractivity contribution in [3.05, 3.63) is 46.2 Å². The van der Waals surface area contributed by atoms with Crippen molar-refractivity contribution in [1.82, 2.24) is 0 Å². The fourth-order valence-corrected chi connectivity index (χ4v) is 2.46. The molecular formula is C12H14BrFO. The highest BCUT2D eigenvalue weighted by Gasteiger charge is 2.23. The highest BCUT2D eigenvalue weighted by Crippen LogP contribution is 2.31. The van der Waals surface area contributed by atoms with E-state index in [1.807, 2.05) is 0 Å². The molecule has 0 heterocycles. The lowest BCUT2D eigenvalue weighted by atomic mass is 9.96. The molecule has 1 N–H and O–H groups in total. The zero-order valence-electron chi connectivity index (χ0n) is 8.85. The summed E-state index contributed by atoms with van der Waals surface area (Å²) < 4.78 is 14.3. The molecule has 1 nitrogen and oxygen atoms in total. The lowest BCUT2D eigenvalue weighted by Crippen LogP contribution is -2.18. The minimum Gasteiger partial charge on any atom is -0.386 e. The number of rotatable bonds is 3. The maximum atomic E-state index is 13.7. The Kier molecular flexibility index (Phi) is 3.68. The molecule has 0 spiro atoms. The lowest BCUT2D eigenvalue weighted by molar-refractivity contribution is 0.0737. The molecule has 0 atom stereocenters. The fraction of sp³-hybridized carbons (Fsp3) is 0.333. The summed E-state index contributed by atoms with van der Waals surface area (Å²) in [5.41, 5.74) is -0.0620. The first-order valence-corrected chi connectivity index (χ1v) is 5.47. The van der Waals surface area contributed by atoms with Gasteiger partial charge in [0, 0.05) is 10.0 Å². The van der Waals surface area contributed by atoms with E-state index in [1.54, 1.807) is 26.0 Å². The largest absolute Gasteiger partial charge is 0.386 e. The van der Waals surface area contributed by atoms with E-state index in [0.717, 1.165) is 5.56 Å². The van der Waals surface area contributed by atoms with E-state index in [-0.39, 0.29) is 5.56 Å². The Labute approximate surface area is 97.8 Å². The van der Waals surface area contributed by atoms with Gasteiger partial charge in [0.1, 0.15) is 5.82 Å². The molecule has 82 valence electrons. The second-order valence-corrected chi connectivity index (χ2v) is 4.84. The molecule has 3 heteroatoms. The van der Waals surface area contributed by atoms with Gasteiger partial charge in [0.05, 0.1) is 5.60 Å². The van der Waals surface area contributed by atoms with Gasteiger partial charge in [-0.05, 0) is 38.0 Å². The molecule has 0 saturated carbocycles. The minimum absolute atomic E-state index is 0.287. The quantitative estimate of drug-likeness (QED) is 0.835. The summed E-state index contributed by atoms with van der Waals surface area (Å²) in [6, 6.07) is 3.23. The van der Waals surface area contributed by atoms with E-state index < -0.39 is 11.4 Å². The molecule has 0 aromatic heterocycles. The van der Waals surface area contributed by atoms with Crippen LogP contribution in [-0.4, -0.2) is 5.11 Å². The molecule has 0 saturated heterocycles. The van der Waals surface area contributed by atoms with Crippen molar-refractivity contribution in [2.24, 2.45) is 0 Å². The van der Waals surface area contributed by atoms with Crippen molar-refractivity contribution in [3.8, 4) is 0 Å². The van der Waals surface area contributed by atoms with Gasteiger partial charge in [0.15, 0.2) is 0 Å². The molecule has 0 amide bonds. The predicted octanol–water partition coefficient (Wildman–Crippen LogP) is 3.54. The fourth-order valence-electron chi connectivity index (χ4n) is 1.49. The second kappa shape index (κ2) is 4.45. The van der Waals surface area contributed by atoms with Crippen molar-refractivity contribution in [3.63, 3.8) is 0 Å². The number of hydrogen-bond acceptors (Lipinski definition) is 1. The highest BCUT2D eigenvalue weighted by atomic mass is 79.9. The van der Waals surface area contributed by atoms with Crippen molar-refractivity contribution < 1.29 is 9.50 Å². The van der Waals surface area contributed by atoms with E-state index in [2.05, 4.69) is 22.5 Å². The van der Waals surface area contributed by atoms with E-state index in [0.29, 0.717) is 10.9 Å². The molecule has 0 aliphatic carbocycles. The highest BCUT2D eigenvalue weighted by molar-refractivity contribution is 9.10. The smallest absolute Gasteiger partial charge is 0.130 e. The molecular weight excluding hydrogens is 259 g/mol. The lowest BCUT2D eigenvalue weighted by Gasteiger charge is -2.20. The van der Waals surface area contributed by atoms with Crippen LogP contribution in [0.4, 0.5) is 4.39 Å². The van der Waals surface area contributed by atoms with Gasteiger partial charge in [0.2, 0.25) is 0 Å². The van der Waals surface area contributed by atoms with Crippen LogP contribution in [0.1, 0.15) is 25.0 Å². The molecule has 0 unspecified atom stereocenters. The van der Waals surface area contributed by atoms with Crippen LogP contribution in [0.5, 0.6) is 0 Å². The van der Waals surface area contributed by atoms with Crippen LogP contribution >= 0.6 is 15.9 Å². The van der Waals surface area contributed by atoms with Gasteiger partial charge in [-0.1, -0.05) is 22.0 Å². The predicted molar refractivity (Wildman–Crippen MR) is 63.2 cm³/mol. The number of hydrogen-bond donors (Lipinski definition) is 1. The van der Waals surface area contributed by atoms with E-state index in [4.69, 9.17) is 0 Å². The molecule has 1 rings (SSSR count). The Bertz CT molecular complexity index is 357. The van der Waals surface area contributed by atoms with Gasteiger partial charge in [-0.3, -0.25) is 0 Å². The summed E-state index contributed by atoms with van der Waals surface area (Å²) in [5, 5.41) is 9.78. The molecule has 0 bridgehead atoms. The van der Waals surface area contributed by atoms with Gasteiger partial charge in [-0.2, -0.15) is 0 Å². The number of benzene rings is 1. The third kappa shape index (κ3) is 2.89. The van der Waals surface area contributed by atoms with Gasteiger partial charge in [-0.25, -0.2) is 4.39 Å². The zero-order chi connectivity index (χ0) is 11.6. The van der Waals surface area contributed by atoms with Crippen LogP contribution in [0.3, 0.4) is 0 Å². The van der Waals surface area contributed by atoms with Crippen LogP contribution in [0.25, 0.3) is 0 Å². The van der Waals surface area contributed by atoms with Gasteiger partial charge in [-0.15, -0.1) is 6.58 Å². The average Bonchev–Trinajstić information content (AvgIpc) is 1.99. The summed E-state index contributed by atoms with van der Waals surface area (Å²) >= 11 is 3.27.